The predicted molar refractivity (Wildman–Crippen MR) is 86.7 cm³/mol. The summed E-state index contributed by atoms with van der Waals surface area (Å²) in [5.74, 6) is 1.16. The van der Waals surface area contributed by atoms with E-state index in [1.807, 2.05) is 31.1 Å². The largest absolute Gasteiger partial charge is 0.468 e. The molecule has 122 valence electrons. The zero-order valence-electron chi connectivity index (χ0n) is 13.0. The maximum Gasteiger partial charge on any atom is 0.267 e. The van der Waals surface area contributed by atoms with Crippen molar-refractivity contribution in [2.24, 2.45) is 0 Å². The Labute approximate surface area is 137 Å². The second-order valence-electron chi connectivity index (χ2n) is 5.46. The predicted octanol–water partition coefficient (Wildman–Crippen LogP) is 0.975. The number of furan rings is 1. The zero-order chi connectivity index (χ0) is 16.4. The number of carbonyl (C=O) groups excluding carboxylic acids is 1. The molecule has 0 fully saturated rings. The van der Waals surface area contributed by atoms with Crippen molar-refractivity contribution >= 4 is 17.7 Å². The molecule has 2 aromatic rings. The van der Waals surface area contributed by atoms with Crippen LogP contribution >= 0.6 is 11.8 Å². The molecule has 0 saturated carbocycles. The van der Waals surface area contributed by atoms with Crippen LogP contribution in [0.5, 0.6) is 0 Å². The summed E-state index contributed by atoms with van der Waals surface area (Å²) in [6.45, 7) is 0.939. The van der Waals surface area contributed by atoms with Gasteiger partial charge in [0.1, 0.15) is 11.3 Å². The normalized spacial score (nSPS) is 14.7. The lowest BCUT2D eigenvalue weighted by molar-refractivity contribution is 0.0936. The van der Waals surface area contributed by atoms with Gasteiger partial charge in [0, 0.05) is 25.0 Å². The molecule has 0 unspecified atom stereocenters. The molecule has 1 amide bonds. The third-order valence-corrected chi connectivity index (χ3v) is 4.72. The van der Waals surface area contributed by atoms with Crippen LogP contribution in [0.15, 0.2) is 39.0 Å². The van der Waals surface area contributed by atoms with Gasteiger partial charge in [-0.3, -0.25) is 19.1 Å². The van der Waals surface area contributed by atoms with Crippen LogP contribution in [0.2, 0.25) is 0 Å². The van der Waals surface area contributed by atoms with Gasteiger partial charge >= 0.3 is 0 Å². The minimum absolute atomic E-state index is 0.0770. The van der Waals surface area contributed by atoms with Crippen LogP contribution in [0.3, 0.4) is 0 Å². The number of carbonyl (C=O) groups is 1. The van der Waals surface area contributed by atoms with E-state index in [9.17, 15) is 9.59 Å². The number of aromatic nitrogens is 2. The van der Waals surface area contributed by atoms with Gasteiger partial charge < -0.3 is 9.73 Å². The Morgan fingerprint density at radius 3 is 3.09 bits per heavy atom. The number of likely N-dealkylation sites (N-methyl/N-ethyl adjacent to an activating group) is 1. The first-order valence-corrected chi connectivity index (χ1v) is 8.27. The van der Waals surface area contributed by atoms with Gasteiger partial charge in [0.15, 0.2) is 5.16 Å². The fourth-order valence-corrected chi connectivity index (χ4v) is 3.39. The SMILES string of the molecule is CN(C)[C@H](CNC(=O)c1cnc2n(c1=O)CCS2)c1ccco1. The first kappa shape index (κ1) is 15.8. The number of thioether (sulfide) groups is 1. The van der Waals surface area contributed by atoms with Gasteiger partial charge in [0.2, 0.25) is 0 Å². The van der Waals surface area contributed by atoms with E-state index in [0.29, 0.717) is 18.2 Å². The molecule has 0 aliphatic carbocycles. The second-order valence-corrected chi connectivity index (χ2v) is 6.53. The highest BCUT2D eigenvalue weighted by Gasteiger charge is 2.22. The molecule has 8 heteroatoms. The van der Waals surface area contributed by atoms with Gasteiger partial charge in [-0.2, -0.15) is 0 Å². The Hall–Kier alpha value is -2.06. The fourth-order valence-electron chi connectivity index (χ4n) is 2.48. The molecular weight excluding hydrogens is 316 g/mol. The van der Waals surface area contributed by atoms with Gasteiger partial charge in [-0.1, -0.05) is 11.8 Å². The number of amides is 1. The Morgan fingerprint density at radius 2 is 2.39 bits per heavy atom. The van der Waals surface area contributed by atoms with Gasteiger partial charge in [-0.25, -0.2) is 4.98 Å². The summed E-state index contributed by atoms with van der Waals surface area (Å²) in [4.78, 5) is 30.8. The molecule has 7 nitrogen and oxygen atoms in total. The average molecular weight is 334 g/mol. The first-order chi connectivity index (χ1) is 11.1. The molecule has 0 saturated heterocycles. The second kappa shape index (κ2) is 6.59. The lowest BCUT2D eigenvalue weighted by Gasteiger charge is -2.22. The van der Waals surface area contributed by atoms with Gasteiger partial charge in [0.05, 0.1) is 12.3 Å². The standard InChI is InChI=1S/C15H18N4O3S/c1-18(2)11(12-4-3-6-22-12)9-16-13(20)10-8-17-15-19(14(10)21)5-7-23-15/h3-4,6,8,11H,5,7,9H2,1-2H3,(H,16,20)/t11-/m1/s1. The molecule has 1 aliphatic rings. The summed E-state index contributed by atoms with van der Waals surface area (Å²) in [6, 6.07) is 3.57. The maximum atomic E-state index is 12.3. The highest BCUT2D eigenvalue weighted by Crippen LogP contribution is 2.21. The van der Waals surface area contributed by atoms with E-state index in [-0.39, 0.29) is 17.2 Å². The number of fused-ring (bicyclic) bond motifs is 1. The molecule has 0 aromatic carbocycles. The zero-order valence-corrected chi connectivity index (χ0v) is 13.8. The van der Waals surface area contributed by atoms with Crippen LogP contribution < -0.4 is 10.9 Å². The molecule has 1 atom stereocenters. The monoisotopic (exact) mass is 334 g/mol. The lowest BCUT2D eigenvalue weighted by Crippen LogP contribution is -2.38. The minimum Gasteiger partial charge on any atom is -0.468 e. The summed E-state index contributed by atoms with van der Waals surface area (Å²) in [5.41, 5.74) is -0.204. The van der Waals surface area contributed by atoms with Gasteiger partial charge in [0.25, 0.3) is 11.5 Å². The Bertz CT molecular complexity index is 755. The number of hydrogen-bond acceptors (Lipinski definition) is 6. The van der Waals surface area contributed by atoms with Gasteiger partial charge in [-0.15, -0.1) is 0 Å². The van der Waals surface area contributed by atoms with Gasteiger partial charge in [-0.05, 0) is 26.2 Å². The maximum absolute atomic E-state index is 12.3. The Balaban J connectivity index is 1.74. The number of hydrogen-bond donors (Lipinski definition) is 1. The van der Waals surface area contributed by atoms with Crippen LogP contribution in [0.1, 0.15) is 22.2 Å². The third kappa shape index (κ3) is 3.18. The van der Waals surface area contributed by atoms with Crippen LogP contribution in [0, 0.1) is 0 Å². The van der Waals surface area contributed by atoms with Crippen molar-refractivity contribution in [1.82, 2.24) is 19.8 Å². The fraction of sp³-hybridized carbons (Fsp3) is 0.400. The number of rotatable bonds is 5. The minimum atomic E-state index is -0.409. The number of nitrogens with one attached hydrogen (secondary N) is 1. The van der Waals surface area contributed by atoms with E-state index in [4.69, 9.17) is 4.42 Å². The van der Waals surface area contributed by atoms with Crippen molar-refractivity contribution in [2.45, 2.75) is 17.7 Å². The van der Waals surface area contributed by atoms with Crippen LogP contribution in [-0.2, 0) is 6.54 Å². The quantitative estimate of drug-likeness (QED) is 0.821. The van der Waals surface area contributed by atoms with E-state index in [0.717, 1.165) is 11.5 Å². The summed E-state index contributed by atoms with van der Waals surface area (Å²) < 4.78 is 6.96. The van der Waals surface area contributed by atoms with E-state index in [1.165, 1.54) is 18.0 Å². The topological polar surface area (TPSA) is 80.4 Å². The lowest BCUT2D eigenvalue weighted by atomic mass is 10.2. The molecule has 0 bridgehead atoms. The molecule has 0 radical (unpaired) electrons. The molecule has 23 heavy (non-hydrogen) atoms. The molecule has 3 rings (SSSR count). The summed E-state index contributed by atoms with van der Waals surface area (Å²) in [5, 5.41) is 3.47. The van der Waals surface area contributed by atoms with Crippen molar-refractivity contribution in [2.75, 3.05) is 26.4 Å². The average Bonchev–Trinajstić information content (AvgIpc) is 3.18. The van der Waals surface area contributed by atoms with E-state index in [1.54, 1.807) is 10.8 Å². The van der Waals surface area contributed by atoms with E-state index in [2.05, 4.69) is 10.3 Å². The van der Waals surface area contributed by atoms with E-state index < -0.39 is 5.91 Å². The summed E-state index contributed by atoms with van der Waals surface area (Å²) >= 11 is 1.52. The van der Waals surface area contributed by atoms with E-state index >= 15 is 0 Å². The first-order valence-electron chi connectivity index (χ1n) is 7.28. The van der Waals surface area contributed by atoms with Crippen molar-refractivity contribution < 1.29 is 9.21 Å². The Morgan fingerprint density at radius 1 is 1.57 bits per heavy atom. The molecule has 2 aromatic heterocycles. The molecule has 3 heterocycles. The highest BCUT2D eigenvalue weighted by atomic mass is 32.2. The number of nitrogens with zero attached hydrogens (tertiary/aromatic N) is 3. The van der Waals surface area contributed by atoms with Crippen molar-refractivity contribution in [1.29, 1.82) is 0 Å². The smallest absolute Gasteiger partial charge is 0.267 e. The van der Waals surface area contributed by atoms with Crippen LogP contribution in [0.25, 0.3) is 0 Å². The van der Waals surface area contributed by atoms with Crippen molar-refractivity contribution in [3.63, 3.8) is 0 Å². The molecular formula is C15H18N4O3S. The third-order valence-electron chi connectivity index (χ3n) is 3.75. The summed E-state index contributed by atoms with van der Waals surface area (Å²) in [7, 11) is 3.81. The Kier molecular flexibility index (Phi) is 4.53. The summed E-state index contributed by atoms with van der Waals surface area (Å²) in [6.07, 6.45) is 2.96. The van der Waals surface area contributed by atoms with Crippen LogP contribution in [-0.4, -0.2) is 46.8 Å². The van der Waals surface area contributed by atoms with Crippen LogP contribution in [0.4, 0.5) is 0 Å². The molecule has 1 N–H and O–H groups in total. The van der Waals surface area contributed by atoms with Crippen molar-refractivity contribution in [3.05, 3.63) is 46.3 Å². The highest BCUT2D eigenvalue weighted by molar-refractivity contribution is 7.99. The molecule has 1 aliphatic heterocycles. The molecule has 0 spiro atoms. The van der Waals surface area contributed by atoms with Crippen molar-refractivity contribution in [3.8, 4) is 0 Å².